The Morgan fingerprint density at radius 2 is 2.14 bits per heavy atom. The maximum absolute atomic E-state index is 5.78. The lowest BCUT2D eigenvalue weighted by atomic mass is 9.89. The van der Waals surface area contributed by atoms with Gasteiger partial charge < -0.3 is 10.1 Å². The van der Waals surface area contributed by atoms with Gasteiger partial charge in [-0.3, -0.25) is 0 Å². The molecular formula is C17H27N3O. The zero-order valence-electron chi connectivity index (χ0n) is 13.1. The van der Waals surface area contributed by atoms with Crippen molar-refractivity contribution in [1.29, 1.82) is 0 Å². The van der Waals surface area contributed by atoms with E-state index in [1.54, 1.807) is 0 Å². The zero-order valence-corrected chi connectivity index (χ0v) is 13.1. The van der Waals surface area contributed by atoms with E-state index in [0.29, 0.717) is 18.3 Å². The van der Waals surface area contributed by atoms with Gasteiger partial charge in [-0.25, -0.2) is 4.98 Å². The Morgan fingerprint density at radius 3 is 2.86 bits per heavy atom. The third-order valence-electron chi connectivity index (χ3n) is 3.87. The van der Waals surface area contributed by atoms with E-state index in [1.165, 1.54) is 32.1 Å². The van der Waals surface area contributed by atoms with E-state index in [2.05, 4.69) is 28.8 Å². The van der Waals surface area contributed by atoms with Crippen molar-refractivity contribution in [2.24, 2.45) is 0 Å². The van der Waals surface area contributed by atoms with Crippen LogP contribution in [0.5, 0.6) is 5.88 Å². The summed E-state index contributed by atoms with van der Waals surface area (Å²) in [5.41, 5.74) is 0. The van der Waals surface area contributed by atoms with Crippen LogP contribution >= 0.6 is 0 Å². The lowest BCUT2D eigenvalue weighted by molar-refractivity contribution is 0.294. The van der Waals surface area contributed by atoms with Gasteiger partial charge in [0.1, 0.15) is 11.6 Å². The van der Waals surface area contributed by atoms with Crippen LogP contribution in [0.25, 0.3) is 0 Å². The second-order valence-corrected chi connectivity index (χ2v) is 5.66. The molecule has 0 aliphatic heterocycles. The molecule has 116 valence electrons. The smallest absolute Gasteiger partial charge is 0.218 e. The molecule has 1 aromatic rings. The molecule has 1 heterocycles. The van der Waals surface area contributed by atoms with Crippen molar-refractivity contribution >= 4 is 5.82 Å². The third-order valence-corrected chi connectivity index (χ3v) is 3.87. The minimum Gasteiger partial charge on any atom is -0.478 e. The molecule has 1 N–H and O–H groups in total. The summed E-state index contributed by atoms with van der Waals surface area (Å²) in [7, 11) is 0. The minimum absolute atomic E-state index is 0.484. The average molecular weight is 289 g/mol. The largest absolute Gasteiger partial charge is 0.478 e. The van der Waals surface area contributed by atoms with Crippen LogP contribution in [0.3, 0.4) is 0 Å². The highest BCUT2D eigenvalue weighted by molar-refractivity contribution is 5.39. The Morgan fingerprint density at radius 1 is 1.33 bits per heavy atom. The summed E-state index contributed by atoms with van der Waals surface area (Å²) >= 11 is 0. The lowest BCUT2D eigenvalue weighted by Crippen LogP contribution is -2.12. The molecular weight excluding hydrogens is 262 g/mol. The maximum atomic E-state index is 5.78. The normalized spacial score (nSPS) is 15.7. The molecule has 0 radical (unpaired) electrons. The Kier molecular flexibility index (Phi) is 6.51. The highest BCUT2D eigenvalue weighted by Gasteiger charge is 2.19. The molecule has 0 bridgehead atoms. The molecule has 0 atom stereocenters. The molecule has 0 amide bonds. The molecule has 4 nitrogen and oxygen atoms in total. The lowest BCUT2D eigenvalue weighted by Gasteiger charge is -2.21. The quantitative estimate of drug-likeness (QED) is 0.572. The fourth-order valence-electron chi connectivity index (χ4n) is 2.65. The molecule has 2 rings (SSSR count). The first kappa shape index (κ1) is 15.8. The van der Waals surface area contributed by atoms with Gasteiger partial charge in [-0.05, 0) is 19.3 Å². The Balaban J connectivity index is 2.12. The van der Waals surface area contributed by atoms with Gasteiger partial charge in [0.05, 0.1) is 6.61 Å². The summed E-state index contributed by atoms with van der Waals surface area (Å²) in [5, 5.41) is 3.26. The van der Waals surface area contributed by atoms with Crippen molar-refractivity contribution < 1.29 is 4.74 Å². The monoisotopic (exact) mass is 289 g/mol. The van der Waals surface area contributed by atoms with Crippen LogP contribution in [0, 0.1) is 0 Å². The van der Waals surface area contributed by atoms with Gasteiger partial charge in [-0.15, -0.1) is 6.58 Å². The topological polar surface area (TPSA) is 47.0 Å². The van der Waals surface area contributed by atoms with Crippen molar-refractivity contribution in [3.8, 4) is 5.88 Å². The molecule has 4 heteroatoms. The van der Waals surface area contributed by atoms with Crippen LogP contribution in [0.2, 0.25) is 0 Å². The number of hydrogen-bond acceptors (Lipinski definition) is 4. The third kappa shape index (κ3) is 5.03. The van der Waals surface area contributed by atoms with Crippen LogP contribution in [0.15, 0.2) is 18.7 Å². The summed E-state index contributed by atoms with van der Waals surface area (Å²) in [6.07, 6.45) is 10.3. The molecule has 1 saturated carbocycles. The zero-order chi connectivity index (χ0) is 14.9. The number of rotatable bonds is 8. The maximum Gasteiger partial charge on any atom is 0.218 e. The van der Waals surface area contributed by atoms with E-state index >= 15 is 0 Å². The van der Waals surface area contributed by atoms with Gasteiger partial charge in [0.25, 0.3) is 0 Å². The van der Waals surface area contributed by atoms with Gasteiger partial charge in [0.2, 0.25) is 5.88 Å². The predicted molar refractivity (Wildman–Crippen MR) is 86.9 cm³/mol. The van der Waals surface area contributed by atoms with Crippen LogP contribution in [0.4, 0.5) is 5.82 Å². The Hall–Kier alpha value is -1.58. The SMILES string of the molecule is C=CCNc1cc(OCCCC)nc(C2CCCCC2)n1. The summed E-state index contributed by atoms with van der Waals surface area (Å²) in [6.45, 7) is 7.32. The molecule has 1 fully saturated rings. The highest BCUT2D eigenvalue weighted by atomic mass is 16.5. The summed E-state index contributed by atoms with van der Waals surface area (Å²) in [4.78, 5) is 9.31. The molecule has 0 spiro atoms. The van der Waals surface area contributed by atoms with E-state index in [1.807, 2.05) is 12.1 Å². The first-order chi connectivity index (χ1) is 10.3. The number of ether oxygens (including phenoxy) is 1. The van der Waals surface area contributed by atoms with Crippen molar-refractivity contribution in [2.45, 2.75) is 57.8 Å². The van der Waals surface area contributed by atoms with E-state index in [0.717, 1.165) is 31.1 Å². The van der Waals surface area contributed by atoms with Crippen molar-refractivity contribution in [1.82, 2.24) is 9.97 Å². The van der Waals surface area contributed by atoms with Gasteiger partial charge in [0.15, 0.2) is 0 Å². The fraction of sp³-hybridized carbons (Fsp3) is 0.647. The van der Waals surface area contributed by atoms with Gasteiger partial charge in [-0.1, -0.05) is 38.7 Å². The molecule has 21 heavy (non-hydrogen) atoms. The fourth-order valence-corrected chi connectivity index (χ4v) is 2.65. The number of nitrogens with one attached hydrogen (secondary N) is 1. The van der Waals surface area contributed by atoms with Crippen molar-refractivity contribution in [3.05, 3.63) is 24.5 Å². The first-order valence-corrected chi connectivity index (χ1v) is 8.20. The molecule has 1 aliphatic rings. The molecule has 0 aromatic carbocycles. The van der Waals surface area contributed by atoms with Crippen LogP contribution in [0.1, 0.15) is 63.6 Å². The second kappa shape index (κ2) is 8.65. The van der Waals surface area contributed by atoms with E-state index < -0.39 is 0 Å². The molecule has 1 aromatic heterocycles. The van der Waals surface area contributed by atoms with E-state index in [4.69, 9.17) is 4.74 Å². The van der Waals surface area contributed by atoms with Crippen LogP contribution < -0.4 is 10.1 Å². The van der Waals surface area contributed by atoms with Crippen molar-refractivity contribution in [3.63, 3.8) is 0 Å². The number of anilines is 1. The number of nitrogens with zero attached hydrogens (tertiary/aromatic N) is 2. The average Bonchev–Trinajstić information content (AvgIpc) is 2.54. The minimum atomic E-state index is 0.484. The second-order valence-electron chi connectivity index (χ2n) is 5.66. The van der Waals surface area contributed by atoms with Crippen LogP contribution in [-0.4, -0.2) is 23.1 Å². The molecule has 0 saturated heterocycles. The standard InChI is InChI=1S/C17H27N3O/c1-3-5-12-21-16-13-15(18-11-4-2)19-17(20-16)14-9-7-6-8-10-14/h4,13-14H,2-3,5-12H2,1H3,(H,18,19,20). The van der Waals surface area contributed by atoms with Crippen LogP contribution in [-0.2, 0) is 0 Å². The van der Waals surface area contributed by atoms with Gasteiger partial charge in [-0.2, -0.15) is 4.98 Å². The summed E-state index contributed by atoms with van der Waals surface area (Å²) in [6, 6.07) is 1.89. The first-order valence-electron chi connectivity index (χ1n) is 8.20. The number of hydrogen-bond donors (Lipinski definition) is 1. The summed E-state index contributed by atoms with van der Waals surface area (Å²) < 4.78 is 5.78. The highest BCUT2D eigenvalue weighted by Crippen LogP contribution is 2.32. The van der Waals surface area contributed by atoms with Gasteiger partial charge in [0, 0.05) is 18.5 Å². The number of unbranched alkanes of at least 4 members (excludes halogenated alkanes) is 1. The Bertz CT molecular complexity index is 442. The summed E-state index contributed by atoms with van der Waals surface area (Å²) in [5.74, 6) is 2.97. The van der Waals surface area contributed by atoms with E-state index in [-0.39, 0.29) is 0 Å². The van der Waals surface area contributed by atoms with Gasteiger partial charge >= 0.3 is 0 Å². The van der Waals surface area contributed by atoms with E-state index in [9.17, 15) is 0 Å². The molecule has 1 aliphatic carbocycles. The number of aromatic nitrogens is 2. The predicted octanol–water partition coefficient (Wildman–Crippen LogP) is 4.30. The van der Waals surface area contributed by atoms with Crippen molar-refractivity contribution in [2.75, 3.05) is 18.5 Å². The molecule has 0 unspecified atom stereocenters. The Labute approximate surface area is 128 Å².